The molecule has 1 aliphatic carbocycles. The van der Waals surface area contributed by atoms with E-state index < -0.39 is 17.3 Å². The van der Waals surface area contributed by atoms with Crippen molar-refractivity contribution in [2.24, 2.45) is 0 Å². The van der Waals surface area contributed by atoms with Crippen molar-refractivity contribution in [2.45, 2.75) is 49.5 Å². The van der Waals surface area contributed by atoms with Crippen LogP contribution < -0.4 is 10.6 Å². The van der Waals surface area contributed by atoms with E-state index in [-0.39, 0.29) is 29.7 Å². The Morgan fingerprint density at radius 3 is 2.66 bits per heavy atom. The topological polar surface area (TPSA) is 103 Å². The first-order valence-electron chi connectivity index (χ1n) is 11.4. The minimum atomic E-state index is -4.48. The van der Waals surface area contributed by atoms with Gasteiger partial charge in [0.2, 0.25) is 5.91 Å². The van der Waals surface area contributed by atoms with Crippen LogP contribution in [-0.2, 0) is 16.6 Å². The molecule has 2 fully saturated rings. The summed E-state index contributed by atoms with van der Waals surface area (Å²) >= 11 is 1.48. The first-order valence-corrected chi connectivity index (χ1v) is 12.3. The molecule has 1 aromatic carbocycles. The number of aromatic nitrogens is 3. The van der Waals surface area contributed by atoms with E-state index in [0.29, 0.717) is 24.4 Å². The maximum Gasteiger partial charge on any atom is 0.416 e. The van der Waals surface area contributed by atoms with Gasteiger partial charge in [-0.2, -0.15) is 13.2 Å². The number of carbonyl (C=O) groups excluding carboxylic acids is 1. The number of rotatable bonds is 6. The van der Waals surface area contributed by atoms with Crippen LogP contribution in [0.1, 0.15) is 36.3 Å². The van der Waals surface area contributed by atoms with Crippen molar-refractivity contribution in [3.63, 3.8) is 0 Å². The third-order valence-corrected chi connectivity index (χ3v) is 7.75. The van der Waals surface area contributed by atoms with Crippen molar-refractivity contribution < 1.29 is 23.1 Å². The fourth-order valence-electron chi connectivity index (χ4n) is 4.83. The predicted octanol–water partition coefficient (Wildman–Crippen LogP) is 3.15. The molecule has 35 heavy (non-hydrogen) atoms. The highest BCUT2D eigenvalue weighted by molar-refractivity contribution is 7.09. The van der Waals surface area contributed by atoms with Gasteiger partial charge in [-0.05, 0) is 43.9 Å². The molecule has 3 N–H and O–H groups in total. The van der Waals surface area contributed by atoms with Crippen LogP contribution in [0.15, 0.2) is 36.1 Å². The number of anilines is 1. The molecular weight excluding hydrogens is 481 g/mol. The first kappa shape index (κ1) is 23.9. The summed E-state index contributed by atoms with van der Waals surface area (Å²) in [4.78, 5) is 27.0. The lowest BCUT2D eigenvalue weighted by Crippen LogP contribution is -2.63. The summed E-state index contributed by atoms with van der Waals surface area (Å²) in [6.07, 6.45) is 1.58. The van der Waals surface area contributed by atoms with Gasteiger partial charge in [0.05, 0.1) is 23.7 Å². The highest BCUT2D eigenvalue weighted by Gasteiger charge is 2.41. The van der Waals surface area contributed by atoms with E-state index in [1.165, 1.54) is 23.7 Å². The number of benzene rings is 1. The fraction of sp³-hybridized carbons (Fsp3) is 0.478. The molecule has 1 amide bonds. The van der Waals surface area contributed by atoms with Gasteiger partial charge < -0.3 is 15.7 Å². The van der Waals surface area contributed by atoms with E-state index in [4.69, 9.17) is 0 Å². The minimum Gasteiger partial charge on any atom is -0.383 e. The average molecular weight is 507 g/mol. The number of thiazole rings is 1. The van der Waals surface area contributed by atoms with Gasteiger partial charge >= 0.3 is 6.18 Å². The van der Waals surface area contributed by atoms with Gasteiger partial charge in [0.1, 0.15) is 22.8 Å². The van der Waals surface area contributed by atoms with Crippen molar-refractivity contribution in [3.8, 4) is 0 Å². The van der Waals surface area contributed by atoms with Crippen molar-refractivity contribution in [2.75, 3.05) is 25.0 Å². The van der Waals surface area contributed by atoms with Crippen molar-refractivity contribution in [3.05, 3.63) is 46.7 Å². The molecule has 2 aliphatic rings. The van der Waals surface area contributed by atoms with Crippen LogP contribution in [0.2, 0.25) is 0 Å². The number of nitrogens with one attached hydrogen (secondary N) is 2. The monoisotopic (exact) mass is 506 g/mol. The number of alkyl halides is 3. The molecule has 0 bridgehead atoms. The number of halogens is 3. The molecular formula is C23H25F3N6O2S. The van der Waals surface area contributed by atoms with Gasteiger partial charge in [0.15, 0.2) is 0 Å². The normalized spacial score (nSPS) is 23.7. The van der Waals surface area contributed by atoms with E-state index in [9.17, 15) is 23.1 Å². The Labute approximate surface area is 203 Å². The van der Waals surface area contributed by atoms with E-state index in [2.05, 4.69) is 30.5 Å². The molecule has 1 saturated carbocycles. The summed E-state index contributed by atoms with van der Waals surface area (Å²) in [6.45, 7) is 1.36. The third-order valence-electron chi connectivity index (χ3n) is 6.78. The summed E-state index contributed by atoms with van der Waals surface area (Å²) in [7, 11) is 0. The van der Waals surface area contributed by atoms with Gasteiger partial charge in [-0.1, -0.05) is 0 Å². The molecule has 5 rings (SSSR count). The summed E-state index contributed by atoms with van der Waals surface area (Å²) < 4.78 is 39.2. The van der Waals surface area contributed by atoms with Gasteiger partial charge in [0.25, 0.3) is 0 Å². The van der Waals surface area contributed by atoms with Crippen LogP contribution in [0.4, 0.5) is 19.0 Å². The maximum atomic E-state index is 13.1. The van der Waals surface area contributed by atoms with Gasteiger partial charge in [-0.15, -0.1) is 11.3 Å². The SMILES string of the molecule is O=C(CNc1ncnc2ccc(C(F)(F)F)cc12)NC1CN([C@H]2CC[C@](O)(c3nccs3)CC2)C1. The third kappa shape index (κ3) is 5.09. The maximum absolute atomic E-state index is 13.1. The van der Waals surface area contributed by atoms with E-state index in [0.717, 1.165) is 43.1 Å². The van der Waals surface area contributed by atoms with E-state index >= 15 is 0 Å². The number of aliphatic hydroxyl groups is 1. The molecule has 0 radical (unpaired) electrons. The molecule has 3 heterocycles. The second kappa shape index (κ2) is 9.32. The first-order chi connectivity index (χ1) is 16.7. The number of hydrogen-bond donors (Lipinski definition) is 3. The zero-order chi connectivity index (χ0) is 24.6. The number of amides is 1. The Hall–Kier alpha value is -2.83. The average Bonchev–Trinajstić information content (AvgIpc) is 3.36. The Bertz CT molecular complexity index is 1190. The van der Waals surface area contributed by atoms with Gasteiger partial charge in [-0.25, -0.2) is 15.0 Å². The molecule has 0 unspecified atom stereocenters. The van der Waals surface area contributed by atoms with Gasteiger partial charge in [0, 0.05) is 36.1 Å². The molecule has 2 aromatic heterocycles. The largest absolute Gasteiger partial charge is 0.416 e. The fourth-order valence-corrected chi connectivity index (χ4v) is 5.63. The molecule has 1 saturated heterocycles. The second-order valence-corrected chi connectivity index (χ2v) is 10.0. The summed E-state index contributed by atoms with van der Waals surface area (Å²) in [5.41, 5.74) is -1.27. The van der Waals surface area contributed by atoms with Crippen molar-refractivity contribution in [1.82, 2.24) is 25.2 Å². The second-order valence-electron chi connectivity index (χ2n) is 9.12. The van der Waals surface area contributed by atoms with Crippen LogP contribution in [0.3, 0.4) is 0 Å². The van der Waals surface area contributed by atoms with Crippen LogP contribution in [0.25, 0.3) is 10.9 Å². The lowest BCUT2D eigenvalue weighted by Gasteiger charge is -2.47. The zero-order valence-electron chi connectivity index (χ0n) is 18.8. The summed E-state index contributed by atoms with van der Waals surface area (Å²) in [6, 6.07) is 3.63. The zero-order valence-corrected chi connectivity index (χ0v) is 19.6. The Kier molecular flexibility index (Phi) is 6.36. The lowest BCUT2D eigenvalue weighted by atomic mass is 9.81. The number of fused-ring (bicyclic) bond motifs is 1. The quantitative estimate of drug-likeness (QED) is 0.472. The van der Waals surface area contributed by atoms with Crippen LogP contribution in [-0.4, -0.2) is 62.6 Å². The molecule has 1 aliphatic heterocycles. The van der Waals surface area contributed by atoms with Crippen molar-refractivity contribution >= 4 is 34.0 Å². The highest BCUT2D eigenvalue weighted by Crippen LogP contribution is 2.40. The Balaban J connectivity index is 1.10. The van der Waals surface area contributed by atoms with Crippen LogP contribution in [0, 0.1) is 0 Å². The summed E-state index contributed by atoms with van der Waals surface area (Å²) in [5.74, 6) is -0.0726. The number of nitrogens with zero attached hydrogens (tertiary/aromatic N) is 4. The van der Waals surface area contributed by atoms with Gasteiger partial charge in [-0.3, -0.25) is 9.69 Å². The molecule has 186 valence electrons. The molecule has 12 heteroatoms. The minimum absolute atomic E-state index is 0.0167. The number of hydrogen-bond acceptors (Lipinski definition) is 8. The van der Waals surface area contributed by atoms with E-state index in [1.54, 1.807) is 6.20 Å². The summed E-state index contributed by atoms with van der Waals surface area (Å²) in [5, 5.41) is 19.5. The number of carbonyl (C=O) groups is 1. The lowest BCUT2D eigenvalue weighted by molar-refractivity contribution is -0.137. The standard InChI is InChI=1S/C23H25F3N6O2S/c24-23(25,26)14-1-2-18-17(9-14)20(30-13-29-18)28-10-19(33)31-15-11-32(12-15)16-3-5-22(34,6-4-16)21-27-7-8-35-21/h1-2,7-9,13,15-16,34H,3-6,10-12H2,(H,31,33)(H,28,29,30)/t16-,22+. The van der Waals surface area contributed by atoms with Crippen LogP contribution in [0.5, 0.6) is 0 Å². The molecule has 0 spiro atoms. The molecule has 8 nitrogen and oxygen atoms in total. The number of likely N-dealkylation sites (tertiary alicyclic amines) is 1. The van der Waals surface area contributed by atoms with Crippen LogP contribution >= 0.6 is 11.3 Å². The van der Waals surface area contributed by atoms with Crippen molar-refractivity contribution in [1.29, 1.82) is 0 Å². The predicted molar refractivity (Wildman–Crippen MR) is 125 cm³/mol. The smallest absolute Gasteiger partial charge is 0.383 e. The van der Waals surface area contributed by atoms with E-state index in [1.807, 2.05) is 5.38 Å². The Morgan fingerprint density at radius 2 is 1.97 bits per heavy atom. The highest BCUT2D eigenvalue weighted by atomic mass is 32.1. The molecule has 3 aromatic rings. The Morgan fingerprint density at radius 1 is 1.20 bits per heavy atom. The molecule has 0 atom stereocenters.